The molecule has 10 rings (SSSR count). The summed E-state index contributed by atoms with van der Waals surface area (Å²) in [4.78, 5) is 0. The topological polar surface area (TPSA) is 90.9 Å². The van der Waals surface area contributed by atoms with E-state index in [-0.39, 0.29) is 0 Å². The maximum Gasteiger partial charge on any atom is 0.309 e. The maximum atomic E-state index is 7.20. The van der Waals surface area contributed by atoms with Gasteiger partial charge in [0, 0.05) is 35.0 Å². The van der Waals surface area contributed by atoms with Gasteiger partial charge < -0.3 is 8.39 Å². The number of benzene rings is 6. The lowest BCUT2D eigenvalue weighted by Gasteiger charge is -2.10. The summed E-state index contributed by atoms with van der Waals surface area (Å²) in [5, 5.41) is 24.7. The van der Waals surface area contributed by atoms with Crippen LogP contribution in [0, 0.1) is 0 Å². The Labute approximate surface area is 287 Å². The van der Waals surface area contributed by atoms with E-state index in [0.29, 0.717) is 0 Å². The number of hydrogen-bond donors (Lipinski definition) is 0. The highest BCUT2D eigenvalue weighted by molar-refractivity contribution is 7.39. The fourth-order valence-electron chi connectivity index (χ4n) is 7.07. The lowest BCUT2D eigenvalue weighted by molar-refractivity contribution is 0.630. The third-order valence-electron chi connectivity index (χ3n) is 9.49. The number of para-hydroxylation sites is 2. The van der Waals surface area contributed by atoms with E-state index in [1.165, 1.54) is 0 Å². The van der Waals surface area contributed by atoms with Gasteiger partial charge in [0.25, 0.3) is 0 Å². The van der Waals surface area contributed by atoms with Crippen LogP contribution < -0.4 is 4.67 Å². The molecule has 0 atom stereocenters. The Balaban J connectivity index is 1.36. The lowest BCUT2D eigenvalue weighted by Crippen LogP contribution is -2.12. The van der Waals surface area contributed by atoms with Gasteiger partial charge in [0.15, 0.2) is 11.2 Å². The molecule has 0 aliphatic carbocycles. The van der Waals surface area contributed by atoms with Crippen molar-refractivity contribution in [3.8, 4) is 33.9 Å². The molecule has 0 saturated carbocycles. The van der Waals surface area contributed by atoms with Gasteiger partial charge >= 0.3 is 8.16 Å². The van der Waals surface area contributed by atoms with E-state index < -0.39 is 8.16 Å². The van der Waals surface area contributed by atoms with Gasteiger partial charge in [0.05, 0.1) is 23.8 Å². The third-order valence-corrected chi connectivity index (χ3v) is 11.0. The lowest BCUT2D eigenvalue weighted by atomic mass is 9.93. The number of rotatable bonds is 5. The van der Waals surface area contributed by atoms with Gasteiger partial charge in [-0.2, -0.15) is 0 Å². The fraction of sp³-hybridized carbons (Fsp3) is 0.100. The quantitative estimate of drug-likeness (QED) is 0.180. The standard InChI is InChI=1S/C40H30N7O2P/c1-3-15-29(16-4-1)46-25-35(41-43-46)33-23-27-13-7-9-19-31(27)37-38-32-20-10-8-14-28(32)24-34(36-26-47(44-42-36)30-17-5-2-6-18-30)40(38)49-50(48-39(33)37)45-21-11-12-22-45/h1-10,13-20,23-26H,11-12,21-22H2. The number of fused-ring (bicyclic) bond motifs is 7. The molecule has 4 heterocycles. The first-order valence-corrected chi connectivity index (χ1v) is 17.9. The van der Waals surface area contributed by atoms with Gasteiger partial charge in [-0.25, -0.2) is 14.0 Å². The molecule has 242 valence electrons. The van der Waals surface area contributed by atoms with Crippen LogP contribution in [0.5, 0.6) is 0 Å². The van der Waals surface area contributed by atoms with E-state index in [4.69, 9.17) is 18.6 Å². The van der Waals surface area contributed by atoms with Crippen LogP contribution in [0.3, 0.4) is 0 Å². The summed E-state index contributed by atoms with van der Waals surface area (Å²) in [5.74, 6) is 0. The Morgan fingerprint density at radius 2 is 0.960 bits per heavy atom. The summed E-state index contributed by atoms with van der Waals surface area (Å²) in [5.41, 5.74) is 6.55. The highest BCUT2D eigenvalue weighted by Crippen LogP contribution is 2.48. The molecule has 3 aromatic heterocycles. The zero-order valence-corrected chi connectivity index (χ0v) is 27.8. The summed E-state index contributed by atoms with van der Waals surface area (Å²) in [6.45, 7) is 1.80. The average Bonchev–Trinajstić information content (AvgIpc) is 3.97. The molecule has 0 spiro atoms. The van der Waals surface area contributed by atoms with Crippen molar-refractivity contribution in [2.75, 3.05) is 17.8 Å². The molecule has 6 aromatic carbocycles. The largest absolute Gasteiger partial charge is 0.407 e. The SMILES string of the molecule is c1ccc(-n2cc(-c3cc4ccccc4c4c3op(N3CCCC3)oc3c(-c5cn(-c6ccccc6)nn5)cc5ccccc5c34)nn2)cc1. The minimum atomic E-state index is -1.55. The fourth-order valence-corrected chi connectivity index (χ4v) is 8.64. The summed E-state index contributed by atoms with van der Waals surface area (Å²) in [6, 6.07) is 41.4. The molecule has 0 amide bonds. The Kier molecular flexibility index (Phi) is 6.85. The molecule has 50 heavy (non-hydrogen) atoms. The molecule has 9 nitrogen and oxygen atoms in total. The van der Waals surface area contributed by atoms with Crippen molar-refractivity contribution >= 4 is 51.6 Å². The Bertz CT molecular complexity index is 2550. The minimum absolute atomic E-state index is 0.724. The van der Waals surface area contributed by atoms with E-state index in [1.54, 1.807) is 0 Å². The number of hydrogen-bond acceptors (Lipinski definition) is 7. The van der Waals surface area contributed by atoms with Crippen molar-refractivity contribution in [2.24, 2.45) is 0 Å². The Morgan fingerprint density at radius 3 is 1.44 bits per heavy atom. The number of aromatic nitrogens is 6. The van der Waals surface area contributed by atoms with Crippen LogP contribution in [-0.2, 0) is 0 Å². The highest BCUT2D eigenvalue weighted by atomic mass is 31.1. The highest BCUT2D eigenvalue weighted by Gasteiger charge is 2.25. The van der Waals surface area contributed by atoms with E-state index in [2.05, 4.69) is 75.8 Å². The predicted molar refractivity (Wildman–Crippen MR) is 199 cm³/mol. The van der Waals surface area contributed by atoms with E-state index in [0.717, 1.165) is 103 Å². The molecule has 1 saturated heterocycles. The van der Waals surface area contributed by atoms with Crippen LogP contribution in [-0.4, -0.2) is 43.1 Å². The molecule has 9 aromatic rings. The molecular formula is C40H30N7O2P. The summed E-state index contributed by atoms with van der Waals surface area (Å²) in [7, 11) is -1.55. The van der Waals surface area contributed by atoms with Crippen LogP contribution in [0.1, 0.15) is 12.8 Å². The van der Waals surface area contributed by atoms with Crippen molar-refractivity contribution < 1.29 is 8.39 Å². The molecule has 1 aliphatic rings. The van der Waals surface area contributed by atoms with Gasteiger partial charge in [0.1, 0.15) is 11.4 Å². The Hall–Kier alpha value is -6.02. The molecule has 1 fully saturated rings. The monoisotopic (exact) mass is 671 g/mol. The predicted octanol–water partition coefficient (Wildman–Crippen LogP) is 9.82. The van der Waals surface area contributed by atoms with E-state index >= 15 is 0 Å². The van der Waals surface area contributed by atoms with Crippen LogP contribution >= 0.6 is 8.16 Å². The van der Waals surface area contributed by atoms with Crippen molar-refractivity contribution in [3.63, 3.8) is 0 Å². The molecule has 10 heteroatoms. The second-order valence-electron chi connectivity index (χ2n) is 12.5. The third kappa shape index (κ3) is 4.82. The molecule has 1 aliphatic heterocycles. The first-order chi connectivity index (χ1) is 24.8. The minimum Gasteiger partial charge on any atom is -0.407 e. The first kappa shape index (κ1) is 28.9. The molecule has 0 radical (unpaired) electrons. The molecule has 0 N–H and O–H groups in total. The Morgan fingerprint density at radius 1 is 0.520 bits per heavy atom. The molecular weight excluding hydrogens is 641 g/mol. The zero-order chi connectivity index (χ0) is 33.0. The van der Waals surface area contributed by atoms with Crippen molar-refractivity contribution in [1.82, 2.24) is 30.0 Å². The van der Waals surface area contributed by atoms with Crippen LogP contribution in [0.25, 0.3) is 77.4 Å². The summed E-state index contributed by atoms with van der Waals surface area (Å²) in [6.07, 6.45) is 6.14. The van der Waals surface area contributed by atoms with E-state index in [9.17, 15) is 0 Å². The van der Waals surface area contributed by atoms with Crippen LogP contribution in [0.4, 0.5) is 0 Å². The number of nitrogens with zero attached hydrogens (tertiary/aromatic N) is 7. The van der Waals surface area contributed by atoms with Crippen molar-refractivity contribution in [2.45, 2.75) is 12.8 Å². The van der Waals surface area contributed by atoms with Gasteiger partial charge in [-0.15, -0.1) is 10.2 Å². The zero-order valence-electron chi connectivity index (χ0n) is 26.9. The normalized spacial score (nSPS) is 13.6. The van der Waals surface area contributed by atoms with Crippen LogP contribution in [0.15, 0.2) is 142 Å². The van der Waals surface area contributed by atoms with Gasteiger partial charge in [-0.3, -0.25) is 0 Å². The summed E-state index contributed by atoms with van der Waals surface area (Å²) < 4.78 is 20.4. The molecule has 0 bridgehead atoms. The van der Waals surface area contributed by atoms with Crippen LogP contribution in [0.2, 0.25) is 0 Å². The second kappa shape index (κ2) is 11.8. The van der Waals surface area contributed by atoms with Crippen molar-refractivity contribution in [3.05, 3.63) is 134 Å². The second-order valence-corrected chi connectivity index (χ2v) is 14.0. The maximum absolute atomic E-state index is 7.20. The molecule has 0 unspecified atom stereocenters. The van der Waals surface area contributed by atoms with E-state index in [1.807, 2.05) is 82.4 Å². The summed E-state index contributed by atoms with van der Waals surface area (Å²) >= 11 is 0. The average molecular weight is 672 g/mol. The first-order valence-electron chi connectivity index (χ1n) is 16.8. The van der Waals surface area contributed by atoms with Gasteiger partial charge in [0.2, 0.25) is 0 Å². The van der Waals surface area contributed by atoms with Gasteiger partial charge in [-0.05, 0) is 70.8 Å². The van der Waals surface area contributed by atoms with Crippen molar-refractivity contribution in [1.29, 1.82) is 0 Å². The van der Waals surface area contributed by atoms with Gasteiger partial charge in [-0.1, -0.05) is 95.4 Å². The smallest absolute Gasteiger partial charge is 0.309 e.